The monoisotopic (exact) mass is 230 g/mol. The van der Waals surface area contributed by atoms with Crippen LogP contribution in [0, 0.1) is 0 Å². The van der Waals surface area contributed by atoms with Crippen LogP contribution in [0.3, 0.4) is 0 Å². The average molecular weight is 230 g/mol. The quantitative estimate of drug-likeness (QED) is 0.620. The van der Waals surface area contributed by atoms with Crippen molar-refractivity contribution in [1.82, 2.24) is 4.98 Å². The average Bonchev–Trinajstić information content (AvgIpc) is 2.27. The van der Waals surface area contributed by atoms with Gasteiger partial charge in [-0.15, -0.1) is 0 Å². The molecular formula is C9H14N2O3S. The fourth-order valence-electron chi connectivity index (χ4n) is 1.10. The van der Waals surface area contributed by atoms with Crippen molar-refractivity contribution in [2.24, 2.45) is 5.73 Å². The molecule has 15 heavy (non-hydrogen) atoms. The van der Waals surface area contributed by atoms with Crippen LogP contribution in [0.4, 0.5) is 0 Å². The van der Waals surface area contributed by atoms with E-state index in [1.54, 1.807) is 19.1 Å². The summed E-state index contributed by atoms with van der Waals surface area (Å²) in [6.07, 6.45) is 1.47. The lowest BCUT2D eigenvalue weighted by Crippen LogP contribution is -2.16. The molecule has 0 aliphatic carbocycles. The maximum atomic E-state index is 10.7. The molecule has 0 radical (unpaired) electrons. The van der Waals surface area contributed by atoms with Gasteiger partial charge in [0.1, 0.15) is 10.7 Å². The Hall–Kier alpha value is -0.980. The molecule has 0 saturated heterocycles. The van der Waals surface area contributed by atoms with Crippen LogP contribution in [0.5, 0.6) is 0 Å². The maximum absolute atomic E-state index is 10.7. The Morgan fingerprint density at radius 2 is 2.20 bits per heavy atom. The molecule has 0 saturated carbocycles. The molecule has 2 atom stereocenters. The number of aromatic nitrogens is 1. The normalized spacial score (nSPS) is 15.2. The highest BCUT2D eigenvalue weighted by Gasteiger charge is 2.10. The maximum Gasteiger partial charge on any atom is 0.146 e. The predicted octanol–water partition coefficient (Wildman–Crippen LogP) is -0.254. The van der Waals surface area contributed by atoms with Crippen LogP contribution >= 0.6 is 0 Å². The zero-order valence-electron chi connectivity index (χ0n) is 8.33. The van der Waals surface area contributed by atoms with E-state index in [1.165, 1.54) is 6.20 Å². The highest BCUT2D eigenvalue weighted by molar-refractivity contribution is 7.72. The van der Waals surface area contributed by atoms with Gasteiger partial charge in [-0.05, 0) is 18.6 Å². The minimum atomic E-state index is -2.49. The van der Waals surface area contributed by atoms with Crippen LogP contribution in [0.15, 0.2) is 18.3 Å². The van der Waals surface area contributed by atoms with Gasteiger partial charge in [-0.1, -0.05) is 6.07 Å². The van der Waals surface area contributed by atoms with Crippen LogP contribution in [0.2, 0.25) is 0 Å². The SMILES string of the molecule is CC(c1ccc(C(N)CO)nc1)[SH](=O)=O. The standard InChI is InChI=1S/C9H14N2O3S/c1-6(15(13)14)7-2-3-9(11-4-7)8(10)5-12/h2-4,6,8,12,15H,5,10H2,1H3. The van der Waals surface area contributed by atoms with E-state index in [4.69, 9.17) is 10.8 Å². The van der Waals surface area contributed by atoms with Gasteiger partial charge in [0.15, 0.2) is 0 Å². The number of hydrogen-bond acceptors (Lipinski definition) is 5. The number of rotatable bonds is 4. The van der Waals surface area contributed by atoms with Gasteiger partial charge >= 0.3 is 0 Å². The van der Waals surface area contributed by atoms with Crippen molar-refractivity contribution in [2.75, 3.05) is 6.61 Å². The Labute approximate surface area is 89.9 Å². The molecule has 0 amide bonds. The van der Waals surface area contributed by atoms with Gasteiger partial charge in [0.2, 0.25) is 0 Å². The highest BCUT2D eigenvalue weighted by Crippen LogP contribution is 2.16. The number of pyridine rings is 1. The number of nitrogens with zero attached hydrogens (tertiary/aromatic N) is 1. The van der Waals surface area contributed by atoms with Crippen LogP contribution in [0.25, 0.3) is 0 Å². The molecule has 0 aromatic carbocycles. The molecule has 0 bridgehead atoms. The first kappa shape index (κ1) is 12.1. The van der Waals surface area contributed by atoms with Crippen molar-refractivity contribution >= 4 is 10.7 Å². The molecule has 0 aliphatic heterocycles. The van der Waals surface area contributed by atoms with E-state index in [0.717, 1.165) is 0 Å². The summed E-state index contributed by atoms with van der Waals surface area (Å²) in [7, 11) is -2.49. The predicted molar refractivity (Wildman–Crippen MR) is 57.0 cm³/mol. The lowest BCUT2D eigenvalue weighted by Gasteiger charge is -2.09. The summed E-state index contributed by atoms with van der Waals surface area (Å²) in [6.45, 7) is 1.41. The summed E-state index contributed by atoms with van der Waals surface area (Å²) >= 11 is 0. The first-order valence-electron chi connectivity index (χ1n) is 4.52. The van der Waals surface area contributed by atoms with Gasteiger partial charge in [-0.2, -0.15) is 0 Å². The first-order valence-corrected chi connectivity index (χ1v) is 5.76. The van der Waals surface area contributed by atoms with Gasteiger partial charge < -0.3 is 10.8 Å². The molecule has 1 aromatic rings. The molecular weight excluding hydrogens is 216 g/mol. The van der Waals surface area contributed by atoms with Crippen LogP contribution in [-0.2, 0) is 10.7 Å². The molecule has 1 rings (SSSR count). The van der Waals surface area contributed by atoms with Crippen LogP contribution < -0.4 is 5.73 Å². The van der Waals surface area contributed by atoms with Crippen molar-refractivity contribution in [3.05, 3.63) is 29.6 Å². The fourth-order valence-corrected chi connectivity index (χ4v) is 1.49. The van der Waals surface area contributed by atoms with E-state index in [2.05, 4.69) is 4.98 Å². The second-order valence-corrected chi connectivity index (χ2v) is 4.61. The Kier molecular flexibility index (Phi) is 4.19. The van der Waals surface area contributed by atoms with Gasteiger partial charge in [0, 0.05) is 6.20 Å². The minimum absolute atomic E-state index is 0.183. The summed E-state index contributed by atoms with van der Waals surface area (Å²) in [6, 6.07) is 2.77. The molecule has 84 valence electrons. The van der Waals surface area contributed by atoms with E-state index in [0.29, 0.717) is 11.3 Å². The summed E-state index contributed by atoms with van der Waals surface area (Å²) < 4.78 is 21.4. The number of nitrogens with two attached hydrogens (primary N) is 1. The number of aliphatic hydroxyl groups is 1. The molecule has 3 N–H and O–H groups in total. The third-order valence-corrected chi connectivity index (χ3v) is 3.12. The van der Waals surface area contributed by atoms with Gasteiger partial charge in [-0.3, -0.25) is 4.98 Å². The molecule has 1 heterocycles. The Morgan fingerprint density at radius 3 is 2.60 bits per heavy atom. The van der Waals surface area contributed by atoms with E-state index in [1.807, 2.05) is 0 Å². The fraction of sp³-hybridized carbons (Fsp3) is 0.444. The van der Waals surface area contributed by atoms with Crippen molar-refractivity contribution in [2.45, 2.75) is 18.2 Å². The van der Waals surface area contributed by atoms with Crippen molar-refractivity contribution < 1.29 is 13.5 Å². The smallest absolute Gasteiger partial charge is 0.146 e. The second kappa shape index (κ2) is 5.20. The third kappa shape index (κ3) is 2.98. The first-order chi connectivity index (χ1) is 7.06. The molecule has 0 fully saturated rings. The van der Waals surface area contributed by atoms with Crippen molar-refractivity contribution in [1.29, 1.82) is 0 Å². The molecule has 0 spiro atoms. The molecule has 6 heteroatoms. The molecule has 1 aromatic heterocycles. The number of aliphatic hydroxyl groups excluding tert-OH is 1. The number of hydrogen-bond donors (Lipinski definition) is 3. The van der Waals surface area contributed by atoms with Crippen LogP contribution in [-0.4, -0.2) is 25.1 Å². The second-order valence-electron chi connectivity index (χ2n) is 3.27. The highest BCUT2D eigenvalue weighted by atomic mass is 32.2. The van der Waals surface area contributed by atoms with Gasteiger partial charge in [0.25, 0.3) is 0 Å². The van der Waals surface area contributed by atoms with Gasteiger partial charge in [-0.25, -0.2) is 8.42 Å². The number of thiol groups is 1. The molecule has 2 unspecified atom stereocenters. The van der Waals surface area contributed by atoms with E-state index >= 15 is 0 Å². The van der Waals surface area contributed by atoms with Gasteiger partial charge in [0.05, 0.1) is 23.6 Å². The topological polar surface area (TPSA) is 93.3 Å². The zero-order valence-corrected chi connectivity index (χ0v) is 9.22. The lowest BCUT2D eigenvalue weighted by molar-refractivity contribution is 0.266. The third-order valence-electron chi connectivity index (χ3n) is 2.18. The summed E-state index contributed by atoms with van der Waals surface area (Å²) in [5.41, 5.74) is 6.72. The summed E-state index contributed by atoms with van der Waals surface area (Å²) in [5.74, 6) is 0. The van der Waals surface area contributed by atoms with E-state index < -0.39 is 22.0 Å². The summed E-state index contributed by atoms with van der Waals surface area (Å²) in [5, 5.41) is 8.24. The van der Waals surface area contributed by atoms with E-state index in [-0.39, 0.29) is 6.61 Å². The largest absolute Gasteiger partial charge is 0.394 e. The van der Waals surface area contributed by atoms with Crippen molar-refractivity contribution in [3.63, 3.8) is 0 Å². The van der Waals surface area contributed by atoms with Crippen molar-refractivity contribution in [3.8, 4) is 0 Å². The minimum Gasteiger partial charge on any atom is -0.394 e. The lowest BCUT2D eigenvalue weighted by atomic mass is 10.1. The van der Waals surface area contributed by atoms with E-state index in [9.17, 15) is 8.42 Å². The Balaban J connectivity index is 2.90. The molecule has 0 aliphatic rings. The molecule has 5 nitrogen and oxygen atoms in total. The Morgan fingerprint density at radius 1 is 1.53 bits per heavy atom. The Bertz CT molecular complexity index is 381. The zero-order chi connectivity index (χ0) is 11.4. The van der Waals surface area contributed by atoms with Crippen LogP contribution in [0.1, 0.15) is 29.5 Å². The summed E-state index contributed by atoms with van der Waals surface area (Å²) in [4.78, 5) is 4.00.